The van der Waals surface area contributed by atoms with Crippen molar-refractivity contribution < 1.29 is 5.21 Å². The van der Waals surface area contributed by atoms with E-state index in [2.05, 4.69) is 23.9 Å². The van der Waals surface area contributed by atoms with Gasteiger partial charge in [0.2, 0.25) is 0 Å². The van der Waals surface area contributed by atoms with Gasteiger partial charge in [0.05, 0.1) is 5.71 Å². The molecule has 0 spiro atoms. The average molecular weight is 272 g/mol. The van der Waals surface area contributed by atoms with Gasteiger partial charge in [0.1, 0.15) is 0 Å². The highest BCUT2D eigenvalue weighted by Crippen LogP contribution is 2.25. The van der Waals surface area contributed by atoms with Crippen LogP contribution in [0, 0.1) is 0 Å². The van der Waals surface area contributed by atoms with E-state index in [1.54, 1.807) is 0 Å². The highest BCUT2D eigenvalue weighted by Gasteiger charge is 2.19. The molecule has 0 saturated heterocycles. The van der Waals surface area contributed by atoms with Crippen LogP contribution in [-0.4, -0.2) is 46.5 Å². The second kappa shape index (κ2) is 9.68. The normalized spacial score (nSPS) is 24.2. The molecule has 1 fully saturated rings. The topological polar surface area (TPSA) is 35.8 Å². The van der Waals surface area contributed by atoms with Crippen LogP contribution in [-0.2, 0) is 0 Å². The number of rotatable bonds is 6. The highest BCUT2D eigenvalue weighted by molar-refractivity contribution is 8.00. The van der Waals surface area contributed by atoms with Gasteiger partial charge in [-0.15, -0.1) is 0 Å². The largest absolute Gasteiger partial charge is 0.411 e. The van der Waals surface area contributed by atoms with Gasteiger partial charge in [-0.3, -0.25) is 0 Å². The molecule has 3 nitrogen and oxygen atoms in total. The Labute approximate surface area is 116 Å². The van der Waals surface area contributed by atoms with Crippen LogP contribution in [0.4, 0.5) is 0 Å². The molecule has 1 saturated carbocycles. The molecule has 0 aromatic rings. The number of hydrogen-bond acceptors (Lipinski definition) is 4. The third kappa shape index (κ3) is 5.61. The first kappa shape index (κ1) is 15.8. The van der Waals surface area contributed by atoms with Crippen molar-refractivity contribution >= 4 is 17.5 Å². The third-order valence-corrected chi connectivity index (χ3v) is 5.10. The van der Waals surface area contributed by atoms with E-state index in [0.29, 0.717) is 5.25 Å². The van der Waals surface area contributed by atoms with Crippen molar-refractivity contribution in [2.75, 3.05) is 25.4 Å². The summed E-state index contributed by atoms with van der Waals surface area (Å²) in [5.41, 5.74) is 1.03. The Hall–Kier alpha value is -0.220. The summed E-state index contributed by atoms with van der Waals surface area (Å²) in [6.45, 7) is 7.83. The maximum absolute atomic E-state index is 9.14. The summed E-state index contributed by atoms with van der Waals surface area (Å²) in [4.78, 5) is 2.45. The van der Waals surface area contributed by atoms with Crippen LogP contribution < -0.4 is 0 Å². The van der Waals surface area contributed by atoms with E-state index in [4.69, 9.17) is 5.21 Å². The molecular weight excluding hydrogens is 244 g/mol. The molecule has 0 aromatic heterocycles. The first-order valence-corrected chi connectivity index (χ1v) is 8.41. The molecule has 1 N–H and O–H groups in total. The van der Waals surface area contributed by atoms with E-state index in [1.807, 2.05) is 11.8 Å². The smallest absolute Gasteiger partial charge is 0.0700 e. The summed E-state index contributed by atoms with van der Waals surface area (Å²) >= 11 is 1.98. The Kier molecular flexibility index (Phi) is 8.51. The standard InChI is InChI=1S/C14H28N2OS/c1-3-16(4-2)11-12-18-14-10-8-6-5-7-9-13(14)15-17/h14,17H,3-12H2,1-2H3/b15-13-. The quantitative estimate of drug-likeness (QED) is 0.592. The SMILES string of the molecule is CCN(CC)CCSC1CCCCCC/C1=N/O. The zero-order chi connectivity index (χ0) is 13.2. The Morgan fingerprint density at radius 3 is 2.61 bits per heavy atom. The summed E-state index contributed by atoms with van der Waals surface area (Å²) in [5, 5.41) is 13.1. The lowest BCUT2D eigenvalue weighted by Crippen LogP contribution is -2.27. The van der Waals surface area contributed by atoms with Gasteiger partial charge in [-0.1, -0.05) is 38.3 Å². The van der Waals surface area contributed by atoms with Gasteiger partial charge in [0.15, 0.2) is 0 Å². The average Bonchev–Trinajstić information content (AvgIpc) is 2.37. The van der Waals surface area contributed by atoms with Crippen LogP contribution in [0.2, 0.25) is 0 Å². The minimum absolute atomic E-state index is 0.450. The Balaban J connectivity index is 2.36. The molecule has 0 amide bonds. The maximum atomic E-state index is 9.14. The van der Waals surface area contributed by atoms with Crippen molar-refractivity contribution in [2.24, 2.45) is 5.16 Å². The van der Waals surface area contributed by atoms with E-state index in [1.165, 1.54) is 32.1 Å². The highest BCUT2D eigenvalue weighted by atomic mass is 32.2. The van der Waals surface area contributed by atoms with E-state index in [-0.39, 0.29) is 0 Å². The molecule has 1 unspecified atom stereocenters. The van der Waals surface area contributed by atoms with E-state index < -0.39 is 0 Å². The van der Waals surface area contributed by atoms with Gasteiger partial charge >= 0.3 is 0 Å². The van der Waals surface area contributed by atoms with Crippen molar-refractivity contribution in [3.63, 3.8) is 0 Å². The molecule has 18 heavy (non-hydrogen) atoms. The molecule has 4 heteroatoms. The van der Waals surface area contributed by atoms with Crippen LogP contribution in [0.1, 0.15) is 52.4 Å². The van der Waals surface area contributed by atoms with Crippen molar-refractivity contribution in [3.05, 3.63) is 0 Å². The minimum Gasteiger partial charge on any atom is -0.411 e. The van der Waals surface area contributed by atoms with E-state index in [0.717, 1.165) is 37.5 Å². The monoisotopic (exact) mass is 272 g/mol. The van der Waals surface area contributed by atoms with Crippen LogP contribution in [0.5, 0.6) is 0 Å². The molecule has 0 bridgehead atoms. The van der Waals surface area contributed by atoms with Gasteiger partial charge < -0.3 is 10.1 Å². The molecule has 1 aliphatic carbocycles. The van der Waals surface area contributed by atoms with Crippen molar-refractivity contribution in [1.82, 2.24) is 4.90 Å². The minimum atomic E-state index is 0.450. The maximum Gasteiger partial charge on any atom is 0.0700 e. The fraction of sp³-hybridized carbons (Fsp3) is 0.929. The van der Waals surface area contributed by atoms with Gasteiger partial charge in [0.25, 0.3) is 0 Å². The number of nitrogens with zero attached hydrogens (tertiary/aromatic N) is 2. The molecule has 0 radical (unpaired) electrons. The molecule has 0 heterocycles. The molecule has 0 aromatic carbocycles. The lowest BCUT2D eigenvalue weighted by atomic mass is 9.99. The van der Waals surface area contributed by atoms with Crippen molar-refractivity contribution in [3.8, 4) is 0 Å². The van der Waals surface area contributed by atoms with E-state index >= 15 is 0 Å². The number of oxime groups is 1. The lowest BCUT2D eigenvalue weighted by Gasteiger charge is -2.23. The first-order chi connectivity index (χ1) is 8.81. The van der Waals surface area contributed by atoms with Gasteiger partial charge in [-0.2, -0.15) is 11.8 Å². The third-order valence-electron chi connectivity index (χ3n) is 3.77. The van der Waals surface area contributed by atoms with Gasteiger partial charge in [-0.05, 0) is 32.4 Å². The summed E-state index contributed by atoms with van der Waals surface area (Å²) in [5.74, 6) is 1.14. The lowest BCUT2D eigenvalue weighted by molar-refractivity contribution is 0.315. The van der Waals surface area contributed by atoms with Gasteiger partial charge in [0, 0.05) is 17.5 Å². The summed E-state index contributed by atoms with van der Waals surface area (Å²) in [7, 11) is 0. The van der Waals surface area contributed by atoms with Crippen LogP contribution in [0.15, 0.2) is 5.16 Å². The predicted octanol–water partition coefficient (Wildman–Crippen LogP) is 3.61. The predicted molar refractivity (Wildman–Crippen MR) is 81.0 cm³/mol. The fourth-order valence-corrected chi connectivity index (χ4v) is 3.81. The summed E-state index contributed by atoms with van der Waals surface area (Å²) < 4.78 is 0. The Bertz CT molecular complexity index is 242. The van der Waals surface area contributed by atoms with Crippen LogP contribution >= 0.6 is 11.8 Å². The number of thioether (sulfide) groups is 1. The fourth-order valence-electron chi connectivity index (χ4n) is 2.47. The molecular formula is C14H28N2OS. The van der Waals surface area contributed by atoms with Crippen molar-refractivity contribution in [1.29, 1.82) is 0 Å². The summed E-state index contributed by atoms with van der Waals surface area (Å²) in [6, 6.07) is 0. The molecule has 1 aliphatic rings. The molecule has 0 aliphatic heterocycles. The molecule has 1 atom stereocenters. The zero-order valence-electron chi connectivity index (χ0n) is 11.9. The van der Waals surface area contributed by atoms with Crippen LogP contribution in [0.3, 0.4) is 0 Å². The Morgan fingerprint density at radius 2 is 1.94 bits per heavy atom. The zero-order valence-corrected chi connectivity index (χ0v) is 12.7. The molecule has 1 rings (SSSR count). The summed E-state index contributed by atoms with van der Waals surface area (Å²) in [6.07, 6.45) is 7.26. The second-order valence-electron chi connectivity index (χ2n) is 4.93. The number of hydrogen-bond donors (Lipinski definition) is 1. The van der Waals surface area contributed by atoms with Crippen molar-refractivity contribution in [2.45, 2.75) is 57.6 Å². The van der Waals surface area contributed by atoms with E-state index in [9.17, 15) is 0 Å². The van der Waals surface area contributed by atoms with Gasteiger partial charge in [-0.25, -0.2) is 0 Å². The Morgan fingerprint density at radius 1 is 1.22 bits per heavy atom. The first-order valence-electron chi connectivity index (χ1n) is 7.36. The second-order valence-corrected chi connectivity index (χ2v) is 6.24. The molecule has 106 valence electrons. The van der Waals surface area contributed by atoms with Crippen LogP contribution in [0.25, 0.3) is 0 Å².